The molecule has 0 aliphatic rings. The van der Waals surface area contributed by atoms with Gasteiger partial charge in [0.2, 0.25) is 0 Å². The summed E-state index contributed by atoms with van der Waals surface area (Å²) in [6.45, 7) is 0.418. The van der Waals surface area contributed by atoms with Crippen LogP contribution >= 0.6 is 0 Å². The van der Waals surface area contributed by atoms with Gasteiger partial charge in [-0.05, 0) is 5.56 Å². The lowest BCUT2D eigenvalue weighted by molar-refractivity contribution is -0.384. The number of rotatable bonds is 4. The molecule has 1 rings (SSSR count). The van der Waals surface area contributed by atoms with Crippen molar-refractivity contribution in [1.82, 2.24) is 0 Å². The highest BCUT2D eigenvalue weighted by atomic mass is 16.6. The summed E-state index contributed by atoms with van der Waals surface area (Å²) in [6, 6.07) is 6.28. The number of ether oxygens (including phenoxy) is 1. The topological polar surface area (TPSA) is 78.4 Å². The van der Waals surface area contributed by atoms with E-state index < -0.39 is 4.92 Å². The molecule has 5 heteroatoms. The van der Waals surface area contributed by atoms with E-state index in [1.165, 1.54) is 12.1 Å². The summed E-state index contributed by atoms with van der Waals surface area (Å²) in [4.78, 5) is 9.93. The van der Waals surface area contributed by atoms with Gasteiger partial charge in [-0.3, -0.25) is 10.1 Å². The van der Waals surface area contributed by atoms with Crippen molar-refractivity contribution < 1.29 is 9.66 Å². The van der Waals surface area contributed by atoms with Crippen molar-refractivity contribution in [2.45, 2.75) is 6.61 Å². The second-order valence-electron chi connectivity index (χ2n) is 2.44. The minimum Gasteiger partial charge on any atom is -0.362 e. The van der Waals surface area contributed by atoms with Crippen molar-refractivity contribution in [1.29, 1.82) is 0 Å². The monoisotopic (exact) mass is 182 g/mol. The summed E-state index contributed by atoms with van der Waals surface area (Å²) < 4.78 is 4.91. The summed E-state index contributed by atoms with van der Waals surface area (Å²) in [5.41, 5.74) is 5.94. The number of nitrogens with zero attached hydrogens (tertiary/aromatic N) is 1. The van der Waals surface area contributed by atoms with Crippen molar-refractivity contribution in [3.05, 3.63) is 39.9 Å². The number of hydrogen-bond acceptors (Lipinski definition) is 4. The van der Waals surface area contributed by atoms with Crippen LogP contribution in [-0.4, -0.2) is 11.7 Å². The fourth-order valence-corrected chi connectivity index (χ4v) is 0.937. The van der Waals surface area contributed by atoms with E-state index in [4.69, 9.17) is 10.5 Å². The SMILES string of the molecule is NCOCc1cccc([N+](=O)[O-])c1. The van der Waals surface area contributed by atoms with Crippen molar-refractivity contribution in [2.24, 2.45) is 5.73 Å². The van der Waals surface area contributed by atoms with Gasteiger partial charge in [0.25, 0.3) is 5.69 Å². The Morgan fingerprint density at radius 3 is 2.92 bits per heavy atom. The molecule has 0 radical (unpaired) electrons. The van der Waals surface area contributed by atoms with Gasteiger partial charge in [0.15, 0.2) is 0 Å². The van der Waals surface area contributed by atoms with Crippen molar-refractivity contribution in [3.8, 4) is 0 Å². The van der Waals surface area contributed by atoms with Crippen LogP contribution in [0.25, 0.3) is 0 Å². The molecule has 1 aromatic rings. The number of nitro benzene ring substituents is 1. The molecule has 0 atom stereocenters. The second kappa shape index (κ2) is 4.54. The molecule has 0 aliphatic heterocycles. The molecule has 0 spiro atoms. The van der Waals surface area contributed by atoms with Crippen molar-refractivity contribution in [3.63, 3.8) is 0 Å². The van der Waals surface area contributed by atoms with Gasteiger partial charge < -0.3 is 10.5 Å². The standard InChI is InChI=1S/C8H10N2O3/c9-6-13-5-7-2-1-3-8(4-7)10(11)12/h1-4H,5-6,9H2. The van der Waals surface area contributed by atoms with E-state index in [0.717, 1.165) is 5.56 Å². The lowest BCUT2D eigenvalue weighted by atomic mass is 10.2. The van der Waals surface area contributed by atoms with Crippen LogP contribution in [-0.2, 0) is 11.3 Å². The summed E-state index contributed by atoms with van der Waals surface area (Å²) in [5.74, 6) is 0. The zero-order valence-corrected chi connectivity index (χ0v) is 6.97. The maximum absolute atomic E-state index is 10.4. The molecule has 0 fully saturated rings. The smallest absolute Gasteiger partial charge is 0.269 e. The molecule has 0 saturated heterocycles. The third-order valence-electron chi connectivity index (χ3n) is 1.51. The van der Waals surface area contributed by atoms with E-state index in [-0.39, 0.29) is 12.4 Å². The summed E-state index contributed by atoms with van der Waals surface area (Å²) in [5, 5.41) is 10.4. The first-order valence-electron chi connectivity index (χ1n) is 3.75. The largest absolute Gasteiger partial charge is 0.362 e. The van der Waals surface area contributed by atoms with E-state index in [0.29, 0.717) is 6.61 Å². The highest BCUT2D eigenvalue weighted by molar-refractivity contribution is 5.33. The third kappa shape index (κ3) is 2.81. The Hall–Kier alpha value is -1.46. The highest BCUT2D eigenvalue weighted by Gasteiger charge is 2.04. The Morgan fingerprint density at radius 2 is 2.31 bits per heavy atom. The molecule has 0 saturated carbocycles. The molecule has 0 unspecified atom stereocenters. The van der Waals surface area contributed by atoms with Crippen LogP contribution in [0.4, 0.5) is 5.69 Å². The maximum Gasteiger partial charge on any atom is 0.269 e. The van der Waals surface area contributed by atoms with Gasteiger partial charge >= 0.3 is 0 Å². The van der Waals surface area contributed by atoms with Gasteiger partial charge in [0.1, 0.15) is 0 Å². The molecular formula is C8H10N2O3. The van der Waals surface area contributed by atoms with Gasteiger partial charge in [-0.2, -0.15) is 0 Å². The van der Waals surface area contributed by atoms with E-state index in [9.17, 15) is 10.1 Å². The summed E-state index contributed by atoms with van der Waals surface area (Å²) >= 11 is 0. The molecular weight excluding hydrogens is 172 g/mol. The minimum atomic E-state index is -0.439. The van der Waals surface area contributed by atoms with Crippen LogP contribution < -0.4 is 5.73 Å². The van der Waals surface area contributed by atoms with Crippen molar-refractivity contribution in [2.75, 3.05) is 6.73 Å². The second-order valence-corrected chi connectivity index (χ2v) is 2.44. The molecule has 0 aromatic heterocycles. The molecule has 0 bridgehead atoms. The van der Waals surface area contributed by atoms with Gasteiger partial charge in [-0.1, -0.05) is 12.1 Å². The molecule has 0 heterocycles. The normalized spacial score (nSPS) is 9.92. The quantitative estimate of drug-likeness (QED) is 0.428. The van der Waals surface area contributed by atoms with E-state index in [1.807, 2.05) is 0 Å². The Labute approximate surface area is 75.3 Å². The molecule has 5 nitrogen and oxygen atoms in total. The lowest BCUT2D eigenvalue weighted by Gasteiger charge is -2.00. The fraction of sp³-hybridized carbons (Fsp3) is 0.250. The van der Waals surface area contributed by atoms with Crippen LogP contribution in [0, 0.1) is 10.1 Å². The van der Waals surface area contributed by atoms with Crippen molar-refractivity contribution >= 4 is 5.69 Å². The zero-order valence-electron chi connectivity index (χ0n) is 6.97. The van der Waals surface area contributed by atoms with Gasteiger partial charge in [-0.25, -0.2) is 0 Å². The number of non-ortho nitro benzene ring substituents is 1. The maximum atomic E-state index is 10.4. The molecule has 13 heavy (non-hydrogen) atoms. The minimum absolute atomic E-state index is 0.0677. The summed E-state index contributed by atoms with van der Waals surface area (Å²) in [7, 11) is 0. The first kappa shape index (κ1) is 9.63. The lowest BCUT2D eigenvalue weighted by Crippen LogP contribution is -2.04. The molecule has 1 aromatic carbocycles. The van der Waals surface area contributed by atoms with Crippen LogP contribution in [0.2, 0.25) is 0 Å². The molecule has 0 aliphatic carbocycles. The Balaban J connectivity index is 2.73. The van der Waals surface area contributed by atoms with Crippen LogP contribution in [0.5, 0.6) is 0 Å². The fourth-order valence-electron chi connectivity index (χ4n) is 0.937. The van der Waals surface area contributed by atoms with Gasteiger partial charge in [0.05, 0.1) is 18.3 Å². The first-order chi connectivity index (χ1) is 6.24. The summed E-state index contributed by atoms with van der Waals surface area (Å²) in [6.07, 6.45) is 0. The zero-order chi connectivity index (χ0) is 9.68. The third-order valence-corrected chi connectivity index (χ3v) is 1.51. The van der Waals surface area contributed by atoms with E-state index in [1.54, 1.807) is 12.1 Å². The molecule has 0 amide bonds. The predicted octanol–water partition coefficient (Wildman–Crippen LogP) is 1.03. The van der Waals surface area contributed by atoms with E-state index >= 15 is 0 Å². The molecule has 2 N–H and O–H groups in total. The van der Waals surface area contributed by atoms with Crippen LogP contribution in [0.15, 0.2) is 24.3 Å². The number of hydrogen-bond donors (Lipinski definition) is 1. The van der Waals surface area contributed by atoms with Crippen LogP contribution in [0.3, 0.4) is 0 Å². The van der Waals surface area contributed by atoms with Gasteiger partial charge in [-0.15, -0.1) is 0 Å². The Morgan fingerprint density at radius 1 is 1.54 bits per heavy atom. The average molecular weight is 182 g/mol. The number of nitrogens with two attached hydrogens (primary N) is 1. The van der Waals surface area contributed by atoms with Crippen LogP contribution in [0.1, 0.15) is 5.56 Å². The average Bonchev–Trinajstić information content (AvgIpc) is 2.15. The van der Waals surface area contributed by atoms with Gasteiger partial charge in [0, 0.05) is 12.1 Å². The Kier molecular flexibility index (Phi) is 3.36. The van der Waals surface area contributed by atoms with E-state index in [2.05, 4.69) is 0 Å². The predicted molar refractivity (Wildman–Crippen MR) is 46.9 cm³/mol. The highest BCUT2D eigenvalue weighted by Crippen LogP contribution is 2.13. The molecule has 70 valence electrons. The first-order valence-corrected chi connectivity index (χ1v) is 3.75. The number of benzene rings is 1. The Bertz CT molecular complexity index is 301. The number of nitro groups is 1.